The Hall–Kier alpha value is -1.61. The minimum absolute atomic E-state index is 0.0552. The van der Waals surface area contributed by atoms with Crippen molar-refractivity contribution in [2.24, 2.45) is 5.14 Å². The van der Waals surface area contributed by atoms with Crippen LogP contribution < -0.4 is 10.5 Å². The average molecular weight is 545 g/mol. The lowest BCUT2D eigenvalue weighted by Crippen LogP contribution is -2.16. The number of benzene rings is 2. The number of aromatic nitrogens is 2. The molecule has 0 aliphatic rings. The summed E-state index contributed by atoms with van der Waals surface area (Å²) in [6.07, 6.45) is 0. The number of hydrogen-bond donors (Lipinski definition) is 3. The van der Waals surface area contributed by atoms with Gasteiger partial charge in [0, 0.05) is 9.13 Å². The van der Waals surface area contributed by atoms with E-state index in [4.69, 9.17) is 16.7 Å². The standard InChI is InChI=1S/C14H8ClF2IN4O3S2/c15-7-3-5(18)1-2-8(7)20-12-6(13-21-22-14(23)26-13)4-9(27(19,24)25)10(16)11(12)17/h1-4,20H,(H,22,23)(H2,19,24,25). The van der Waals surface area contributed by atoms with Crippen molar-refractivity contribution in [3.8, 4) is 15.8 Å². The molecule has 4 N–H and O–H groups in total. The fourth-order valence-electron chi connectivity index (χ4n) is 2.15. The quantitative estimate of drug-likeness (QED) is 0.430. The van der Waals surface area contributed by atoms with Crippen molar-refractivity contribution in [1.82, 2.24) is 10.2 Å². The normalized spacial score (nSPS) is 11.6. The van der Waals surface area contributed by atoms with Crippen molar-refractivity contribution in [3.63, 3.8) is 0 Å². The molecule has 0 radical (unpaired) electrons. The molecule has 1 heterocycles. The smallest absolute Gasteiger partial charge is 0.291 e. The highest BCUT2D eigenvalue weighted by atomic mass is 127. The number of nitrogens with two attached hydrogens (primary N) is 1. The molecule has 3 rings (SSSR count). The molecule has 1 aromatic heterocycles. The molecule has 0 spiro atoms. The maximum absolute atomic E-state index is 14.7. The van der Waals surface area contributed by atoms with Crippen molar-refractivity contribution in [2.75, 3.05) is 5.32 Å². The Morgan fingerprint density at radius 2 is 1.93 bits per heavy atom. The summed E-state index contributed by atoms with van der Waals surface area (Å²) in [6, 6.07) is 5.62. The van der Waals surface area contributed by atoms with Gasteiger partial charge in [-0.1, -0.05) is 28.0 Å². The third-order valence-corrected chi connectivity index (χ3v) is 5.97. The highest BCUT2D eigenvalue weighted by molar-refractivity contribution is 14.1. The van der Waals surface area contributed by atoms with Crippen LogP contribution in [0.15, 0.2) is 29.2 Å². The second-order valence-electron chi connectivity index (χ2n) is 5.11. The summed E-state index contributed by atoms with van der Waals surface area (Å²) < 4.78 is 53.1. The van der Waals surface area contributed by atoms with E-state index in [0.29, 0.717) is 11.3 Å². The van der Waals surface area contributed by atoms with Gasteiger partial charge in [-0.05, 0) is 46.9 Å². The molecular formula is C14H8ClF2IN4O3S2. The maximum Gasteiger partial charge on any atom is 0.291 e. The van der Waals surface area contributed by atoms with Crippen LogP contribution in [-0.2, 0) is 10.0 Å². The molecule has 3 aromatic rings. The predicted molar refractivity (Wildman–Crippen MR) is 106 cm³/mol. The zero-order valence-electron chi connectivity index (χ0n) is 12.9. The van der Waals surface area contributed by atoms with E-state index in [1.807, 2.05) is 22.6 Å². The van der Waals surface area contributed by atoms with Gasteiger partial charge < -0.3 is 10.4 Å². The van der Waals surface area contributed by atoms with Crippen molar-refractivity contribution >= 4 is 66.9 Å². The van der Waals surface area contributed by atoms with E-state index in [9.17, 15) is 22.3 Å². The van der Waals surface area contributed by atoms with Crippen molar-refractivity contribution in [2.45, 2.75) is 4.90 Å². The minimum atomic E-state index is -4.56. The molecule has 142 valence electrons. The van der Waals surface area contributed by atoms with E-state index in [1.54, 1.807) is 12.1 Å². The third kappa shape index (κ3) is 4.13. The Bertz CT molecular complexity index is 1160. The lowest BCUT2D eigenvalue weighted by atomic mass is 10.1. The highest BCUT2D eigenvalue weighted by Crippen LogP contribution is 2.40. The number of sulfonamides is 1. The van der Waals surface area contributed by atoms with E-state index in [2.05, 4.69) is 15.5 Å². The molecule has 0 atom stereocenters. The van der Waals surface area contributed by atoms with Crippen molar-refractivity contribution in [3.05, 3.63) is 44.5 Å². The molecule has 0 fully saturated rings. The number of primary sulfonamides is 1. The van der Waals surface area contributed by atoms with Gasteiger partial charge in [-0.25, -0.2) is 22.3 Å². The molecule has 27 heavy (non-hydrogen) atoms. The summed E-state index contributed by atoms with van der Waals surface area (Å²) in [4.78, 5) is -1.05. The Morgan fingerprint density at radius 3 is 2.48 bits per heavy atom. The van der Waals surface area contributed by atoms with Crippen LogP contribution in [0.5, 0.6) is 5.19 Å². The average Bonchev–Trinajstić information content (AvgIpc) is 2.99. The summed E-state index contributed by atoms with van der Waals surface area (Å²) in [6.45, 7) is 0. The van der Waals surface area contributed by atoms with Crippen molar-refractivity contribution in [1.29, 1.82) is 0 Å². The number of rotatable bonds is 4. The zero-order valence-corrected chi connectivity index (χ0v) is 17.4. The minimum Gasteiger partial charge on any atom is -0.485 e. The molecule has 7 nitrogen and oxygen atoms in total. The number of anilines is 2. The fourth-order valence-corrected chi connectivity index (χ4v) is 4.28. The first-order valence-electron chi connectivity index (χ1n) is 6.87. The SMILES string of the molecule is NS(=O)(=O)c1cc(-c2nnc(O)s2)c(Nc2ccc(I)cc2Cl)c(F)c1F. The maximum atomic E-state index is 14.7. The van der Waals surface area contributed by atoms with Gasteiger partial charge in [-0.15, -0.1) is 5.10 Å². The molecule has 0 bridgehead atoms. The summed E-state index contributed by atoms with van der Waals surface area (Å²) in [5.74, 6) is -3.15. The van der Waals surface area contributed by atoms with Gasteiger partial charge in [-0.2, -0.15) is 0 Å². The van der Waals surface area contributed by atoms with E-state index in [1.165, 1.54) is 6.07 Å². The van der Waals surface area contributed by atoms with E-state index < -0.39 is 37.4 Å². The monoisotopic (exact) mass is 544 g/mol. The van der Waals surface area contributed by atoms with Gasteiger partial charge in [0.25, 0.3) is 5.19 Å². The number of nitrogens with zero attached hydrogens (tertiary/aromatic N) is 2. The Labute approximate surface area is 174 Å². The fraction of sp³-hybridized carbons (Fsp3) is 0. The van der Waals surface area contributed by atoms with Gasteiger partial charge in [0.05, 0.1) is 16.4 Å². The highest BCUT2D eigenvalue weighted by Gasteiger charge is 2.27. The summed E-state index contributed by atoms with van der Waals surface area (Å²) >= 11 is 8.78. The summed E-state index contributed by atoms with van der Waals surface area (Å²) in [7, 11) is -4.56. The van der Waals surface area contributed by atoms with Crippen LogP contribution in [0.2, 0.25) is 5.02 Å². The molecule has 0 unspecified atom stereocenters. The van der Waals surface area contributed by atoms with E-state index in [0.717, 1.165) is 9.64 Å². The van der Waals surface area contributed by atoms with E-state index >= 15 is 0 Å². The molecule has 0 saturated heterocycles. The van der Waals surface area contributed by atoms with Gasteiger partial charge >= 0.3 is 0 Å². The zero-order chi connectivity index (χ0) is 19.9. The molecule has 0 amide bonds. The lowest BCUT2D eigenvalue weighted by molar-refractivity contribution is 0.465. The number of halogens is 4. The Balaban J connectivity index is 2.27. The predicted octanol–water partition coefficient (Wildman–Crippen LogP) is 3.84. The van der Waals surface area contributed by atoms with E-state index in [-0.39, 0.29) is 21.3 Å². The molecule has 0 saturated carbocycles. The summed E-state index contributed by atoms with van der Waals surface area (Å²) in [5, 5.41) is 23.8. The second-order valence-corrected chi connectivity index (χ2v) is 9.25. The number of nitrogens with one attached hydrogen (secondary N) is 1. The van der Waals surface area contributed by atoms with Crippen LogP contribution in [0.1, 0.15) is 0 Å². The first-order valence-corrected chi connectivity index (χ1v) is 10.7. The van der Waals surface area contributed by atoms with Crippen LogP contribution >= 0.6 is 45.5 Å². The Kier molecular flexibility index (Phi) is 5.54. The van der Waals surface area contributed by atoms with Crippen LogP contribution in [0.25, 0.3) is 10.6 Å². The topological polar surface area (TPSA) is 118 Å². The molecule has 0 aliphatic carbocycles. The van der Waals surface area contributed by atoms with Crippen LogP contribution in [0, 0.1) is 15.2 Å². The van der Waals surface area contributed by atoms with Gasteiger partial charge in [0.2, 0.25) is 10.0 Å². The number of aromatic hydroxyl groups is 1. The first kappa shape index (κ1) is 20.1. The molecule has 13 heteroatoms. The Morgan fingerprint density at radius 1 is 1.22 bits per heavy atom. The third-order valence-electron chi connectivity index (χ3n) is 3.32. The summed E-state index contributed by atoms with van der Waals surface area (Å²) in [5.41, 5.74) is -0.349. The molecule has 0 aliphatic heterocycles. The van der Waals surface area contributed by atoms with Gasteiger partial charge in [0.15, 0.2) is 16.6 Å². The van der Waals surface area contributed by atoms with Crippen molar-refractivity contribution < 1.29 is 22.3 Å². The second kappa shape index (κ2) is 7.43. The molecule has 2 aromatic carbocycles. The lowest BCUT2D eigenvalue weighted by Gasteiger charge is -2.15. The number of hydrogen-bond acceptors (Lipinski definition) is 7. The van der Waals surface area contributed by atoms with Crippen LogP contribution in [0.3, 0.4) is 0 Å². The largest absolute Gasteiger partial charge is 0.485 e. The van der Waals surface area contributed by atoms with Crippen LogP contribution in [-0.4, -0.2) is 23.7 Å². The first-order chi connectivity index (χ1) is 12.6. The van der Waals surface area contributed by atoms with Gasteiger partial charge in [-0.3, -0.25) is 0 Å². The molecular weight excluding hydrogens is 537 g/mol. The van der Waals surface area contributed by atoms with Crippen LogP contribution in [0.4, 0.5) is 20.2 Å². The van der Waals surface area contributed by atoms with Gasteiger partial charge in [0.1, 0.15) is 4.90 Å².